The van der Waals surface area contributed by atoms with Crippen LogP contribution in [0.4, 0.5) is 4.79 Å². The maximum Gasteiger partial charge on any atom is 0.407 e. The van der Waals surface area contributed by atoms with Crippen molar-refractivity contribution in [2.75, 3.05) is 26.3 Å². The van der Waals surface area contributed by atoms with Gasteiger partial charge in [-0.15, -0.1) is 0 Å². The van der Waals surface area contributed by atoms with Crippen molar-refractivity contribution in [2.24, 2.45) is 0 Å². The van der Waals surface area contributed by atoms with Crippen LogP contribution in [0.15, 0.2) is 0 Å². The molecule has 1 amide bonds. The molecule has 0 bridgehead atoms. The van der Waals surface area contributed by atoms with Gasteiger partial charge >= 0.3 is 6.09 Å². The van der Waals surface area contributed by atoms with Crippen molar-refractivity contribution < 1.29 is 14.6 Å². The minimum absolute atomic E-state index is 0.509. The Balaban J connectivity index is 2.35. The van der Waals surface area contributed by atoms with Gasteiger partial charge in [-0.1, -0.05) is 0 Å². The van der Waals surface area contributed by atoms with Gasteiger partial charge in [-0.05, 0) is 6.42 Å². The summed E-state index contributed by atoms with van der Waals surface area (Å²) >= 11 is 0. The molecular formula is C6H11NO3. The molecule has 0 saturated carbocycles. The number of carbonyl (C=O) groups is 1. The number of rotatable bonds is 0. The molecule has 0 aliphatic carbocycles. The summed E-state index contributed by atoms with van der Waals surface area (Å²) in [6.45, 7) is 2.33. The lowest BCUT2D eigenvalue weighted by Gasteiger charge is -2.13. The molecule has 1 saturated heterocycles. The summed E-state index contributed by atoms with van der Waals surface area (Å²) in [7, 11) is 0. The zero-order valence-electron chi connectivity index (χ0n) is 5.75. The van der Waals surface area contributed by atoms with Gasteiger partial charge in [0.2, 0.25) is 0 Å². The van der Waals surface area contributed by atoms with Crippen LogP contribution in [0.3, 0.4) is 0 Å². The molecule has 0 radical (unpaired) electrons. The van der Waals surface area contributed by atoms with Gasteiger partial charge < -0.3 is 14.7 Å². The lowest BCUT2D eigenvalue weighted by atomic mass is 10.4. The highest BCUT2D eigenvalue weighted by Crippen LogP contribution is 1.98. The predicted molar refractivity (Wildman–Crippen MR) is 35.0 cm³/mol. The molecule has 0 unspecified atom stereocenters. The van der Waals surface area contributed by atoms with E-state index in [1.165, 1.54) is 4.90 Å². The quantitative estimate of drug-likeness (QED) is 0.536. The molecule has 58 valence electrons. The van der Waals surface area contributed by atoms with E-state index in [-0.39, 0.29) is 0 Å². The van der Waals surface area contributed by atoms with E-state index in [2.05, 4.69) is 0 Å². The van der Waals surface area contributed by atoms with Crippen LogP contribution in [0, 0.1) is 0 Å². The third kappa shape index (κ3) is 1.88. The van der Waals surface area contributed by atoms with E-state index in [9.17, 15) is 4.79 Å². The summed E-state index contributed by atoms with van der Waals surface area (Å²) in [5.41, 5.74) is 0. The van der Waals surface area contributed by atoms with Gasteiger partial charge in [0.05, 0.1) is 6.61 Å². The first-order valence-electron chi connectivity index (χ1n) is 3.36. The Labute approximate surface area is 59.4 Å². The second kappa shape index (κ2) is 3.41. The zero-order chi connectivity index (χ0) is 7.40. The second-order valence-electron chi connectivity index (χ2n) is 2.24. The minimum Gasteiger partial charge on any atom is -0.465 e. The Bertz CT molecular complexity index is 118. The lowest BCUT2D eigenvalue weighted by Crippen LogP contribution is -2.31. The van der Waals surface area contributed by atoms with E-state index in [4.69, 9.17) is 9.84 Å². The summed E-state index contributed by atoms with van der Waals surface area (Å²) in [4.78, 5) is 11.8. The molecule has 10 heavy (non-hydrogen) atoms. The molecule has 4 heteroatoms. The van der Waals surface area contributed by atoms with Crippen molar-refractivity contribution in [1.29, 1.82) is 0 Å². The molecule has 1 heterocycles. The molecule has 1 fully saturated rings. The van der Waals surface area contributed by atoms with Crippen LogP contribution in [0.25, 0.3) is 0 Å². The number of amides is 1. The normalized spacial score (nSPS) is 20.2. The Morgan fingerprint density at radius 1 is 1.40 bits per heavy atom. The maximum absolute atomic E-state index is 10.4. The van der Waals surface area contributed by atoms with E-state index < -0.39 is 6.09 Å². The van der Waals surface area contributed by atoms with Gasteiger partial charge in [0, 0.05) is 19.7 Å². The Morgan fingerprint density at radius 3 is 2.90 bits per heavy atom. The third-order valence-corrected chi connectivity index (χ3v) is 1.49. The number of carboxylic acid groups (broad SMARTS) is 1. The fourth-order valence-electron chi connectivity index (χ4n) is 0.937. The van der Waals surface area contributed by atoms with Crippen molar-refractivity contribution in [3.8, 4) is 0 Å². The summed E-state index contributed by atoms with van der Waals surface area (Å²) in [6, 6.07) is 0. The Hall–Kier alpha value is -0.770. The molecular weight excluding hydrogens is 134 g/mol. The number of nitrogens with zero attached hydrogens (tertiary/aromatic N) is 1. The molecule has 0 spiro atoms. The third-order valence-electron chi connectivity index (χ3n) is 1.49. The van der Waals surface area contributed by atoms with Crippen LogP contribution in [0.2, 0.25) is 0 Å². The first-order valence-corrected chi connectivity index (χ1v) is 3.36. The van der Waals surface area contributed by atoms with Crippen molar-refractivity contribution in [1.82, 2.24) is 4.90 Å². The smallest absolute Gasteiger partial charge is 0.407 e. The Morgan fingerprint density at radius 2 is 2.20 bits per heavy atom. The van der Waals surface area contributed by atoms with Crippen molar-refractivity contribution in [3.05, 3.63) is 0 Å². The molecule has 0 aromatic carbocycles. The average Bonchev–Trinajstić information content (AvgIpc) is 2.12. The molecule has 0 aromatic rings. The van der Waals surface area contributed by atoms with E-state index in [1.54, 1.807) is 0 Å². The van der Waals surface area contributed by atoms with Gasteiger partial charge in [-0.25, -0.2) is 4.79 Å². The standard InChI is InChI=1S/C6H11NO3/c8-6(9)7-2-1-4-10-5-3-7/h1-5H2,(H,8,9). The number of ether oxygens (including phenoxy) is 1. The fraction of sp³-hybridized carbons (Fsp3) is 0.833. The highest BCUT2D eigenvalue weighted by molar-refractivity contribution is 5.64. The zero-order valence-corrected chi connectivity index (χ0v) is 5.75. The van der Waals surface area contributed by atoms with Crippen LogP contribution in [0.5, 0.6) is 0 Å². The van der Waals surface area contributed by atoms with Crippen LogP contribution in [-0.2, 0) is 4.74 Å². The largest absolute Gasteiger partial charge is 0.465 e. The second-order valence-corrected chi connectivity index (χ2v) is 2.24. The molecule has 1 aliphatic heterocycles. The predicted octanol–water partition coefficient (Wildman–Crippen LogP) is 0.387. The van der Waals surface area contributed by atoms with E-state index in [0.29, 0.717) is 26.3 Å². The van der Waals surface area contributed by atoms with Crippen LogP contribution < -0.4 is 0 Å². The van der Waals surface area contributed by atoms with Gasteiger partial charge in [-0.3, -0.25) is 0 Å². The van der Waals surface area contributed by atoms with Gasteiger partial charge in [0.1, 0.15) is 0 Å². The first kappa shape index (κ1) is 7.34. The van der Waals surface area contributed by atoms with Crippen LogP contribution in [-0.4, -0.2) is 42.4 Å². The van der Waals surface area contributed by atoms with Crippen LogP contribution in [0.1, 0.15) is 6.42 Å². The topological polar surface area (TPSA) is 49.8 Å². The van der Waals surface area contributed by atoms with Gasteiger partial charge in [-0.2, -0.15) is 0 Å². The van der Waals surface area contributed by atoms with E-state index in [1.807, 2.05) is 0 Å². The highest BCUT2D eigenvalue weighted by Gasteiger charge is 2.12. The van der Waals surface area contributed by atoms with Gasteiger partial charge in [0.25, 0.3) is 0 Å². The highest BCUT2D eigenvalue weighted by atomic mass is 16.5. The molecule has 0 aromatic heterocycles. The molecule has 4 nitrogen and oxygen atoms in total. The van der Waals surface area contributed by atoms with Crippen molar-refractivity contribution >= 4 is 6.09 Å². The van der Waals surface area contributed by atoms with Gasteiger partial charge in [0.15, 0.2) is 0 Å². The van der Waals surface area contributed by atoms with E-state index >= 15 is 0 Å². The first-order chi connectivity index (χ1) is 4.80. The fourth-order valence-corrected chi connectivity index (χ4v) is 0.937. The Kier molecular flexibility index (Phi) is 2.50. The lowest BCUT2D eigenvalue weighted by molar-refractivity contribution is 0.127. The molecule has 1 N–H and O–H groups in total. The summed E-state index contributed by atoms with van der Waals surface area (Å²) < 4.78 is 5.07. The van der Waals surface area contributed by atoms with Crippen molar-refractivity contribution in [3.63, 3.8) is 0 Å². The summed E-state index contributed by atoms with van der Waals surface area (Å²) in [5, 5.41) is 8.53. The number of hydrogen-bond acceptors (Lipinski definition) is 2. The maximum atomic E-state index is 10.4. The molecule has 0 atom stereocenters. The summed E-state index contributed by atoms with van der Waals surface area (Å²) in [6.07, 6.45) is -0.0303. The SMILES string of the molecule is O=C(O)N1CCCOCC1. The number of hydrogen-bond donors (Lipinski definition) is 1. The van der Waals surface area contributed by atoms with Crippen molar-refractivity contribution in [2.45, 2.75) is 6.42 Å². The van der Waals surface area contributed by atoms with E-state index in [0.717, 1.165) is 6.42 Å². The molecule has 1 aliphatic rings. The summed E-state index contributed by atoms with van der Waals surface area (Å²) in [5.74, 6) is 0. The minimum atomic E-state index is -0.842. The monoisotopic (exact) mass is 145 g/mol. The van der Waals surface area contributed by atoms with Crippen LogP contribution >= 0.6 is 0 Å². The molecule has 1 rings (SSSR count). The average molecular weight is 145 g/mol.